The Kier molecular flexibility index (Phi) is 5.17. The van der Waals surface area contributed by atoms with Crippen LogP contribution in [0.25, 0.3) is 0 Å². The molecule has 9 heteroatoms. The van der Waals surface area contributed by atoms with Crippen LogP contribution in [0.5, 0.6) is 0 Å². The van der Waals surface area contributed by atoms with Gasteiger partial charge in [0.1, 0.15) is 0 Å². The van der Waals surface area contributed by atoms with Crippen molar-refractivity contribution in [1.82, 2.24) is 10.3 Å². The van der Waals surface area contributed by atoms with Crippen molar-refractivity contribution in [2.45, 2.75) is 29.3 Å². The summed E-state index contributed by atoms with van der Waals surface area (Å²) in [4.78, 5) is 28.6. The van der Waals surface area contributed by atoms with E-state index in [1.807, 2.05) is 6.07 Å². The van der Waals surface area contributed by atoms with E-state index in [4.69, 9.17) is 0 Å². The molecule has 2 aromatic rings. The average Bonchev–Trinajstić information content (AvgIpc) is 2.60. The number of nitrogens with one attached hydrogen (secondary N) is 2. The summed E-state index contributed by atoms with van der Waals surface area (Å²) in [6.45, 7) is 0.289. The van der Waals surface area contributed by atoms with E-state index in [1.54, 1.807) is 18.5 Å². The van der Waals surface area contributed by atoms with Gasteiger partial charge >= 0.3 is 6.18 Å². The van der Waals surface area contributed by atoms with Gasteiger partial charge in [0.25, 0.3) is 0 Å². The lowest BCUT2D eigenvalue weighted by atomic mass is 10.1. The number of carbonyl (C=O) groups is 2. The first-order valence-electron chi connectivity index (χ1n) is 7.67. The lowest BCUT2D eigenvalue weighted by Crippen LogP contribution is -2.34. The molecule has 0 bridgehead atoms. The molecule has 2 heterocycles. The number of halogens is 3. The Morgan fingerprint density at radius 2 is 2.12 bits per heavy atom. The molecule has 1 atom stereocenters. The Bertz CT molecular complexity index is 828. The van der Waals surface area contributed by atoms with Crippen LogP contribution in [0, 0.1) is 0 Å². The molecule has 26 heavy (non-hydrogen) atoms. The molecule has 0 saturated carbocycles. The topological polar surface area (TPSA) is 71.1 Å². The summed E-state index contributed by atoms with van der Waals surface area (Å²) >= 11 is 1.08. The number of hydrogen-bond donors (Lipinski definition) is 2. The maximum Gasteiger partial charge on any atom is 0.416 e. The summed E-state index contributed by atoms with van der Waals surface area (Å²) in [7, 11) is 0. The molecule has 2 N–H and O–H groups in total. The minimum atomic E-state index is -4.48. The van der Waals surface area contributed by atoms with Gasteiger partial charge in [-0.05, 0) is 29.8 Å². The van der Waals surface area contributed by atoms with Crippen molar-refractivity contribution in [3.63, 3.8) is 0 Å². The van der Waals surface area contributed by atoms with Gasteiger partial charge in [-0.15, -0.1) is 11.8 Å². The number of aromatic nitrogens is 1. The van der Waals surface area contributed by atoms with Crippen LogP contribution in [0.2, 0.25) is 0 Å². The fraction of sp³-hybridized carbons (Fsp3) is 0.235. The molecule has 1 aromatic heterocycles. The predicted molar refractivity (Wildman–Crippen MR) is 90.4 cm³/mol. The first-order chi connectivity index (χ1) is 12.3. The van der Waals surface area contributed by atoms with E-state index in [0.717, 1.165) is 29.5 Å². The summed E-state index contributed by atoms with van der Waals surface area (Å²) in [5, 5.41) is 4.45. The van der Waals surface area contributed by atoms with Gasteiger partial charge in [-0.3, -0.25) is 14.6 Å². The van der Waals surface area contributed by atoms with E-state index >= 15 is 0 Å². The lowest BCUT2D eigenvalue weighted by Gasteiger charge is -2.24. The molecule has 0 radical (unpaired) electrons. The number of pyridine rings is 1. The SMILES string of the molecule is O=C(CC1Sc2ccc(C(F)(F)F)cc2NC1=O)NCc1cccnc1. The van der Waals surface area contributed by atoms with Crippen molar-refractivity contribution < 1.29 is 22.8 Å². The number of thioether (sulfide) groups is 1. The number of hydrogen-bond acceptors (Lipinski definition) is 4. The van der Waals surface area contributed by atoms with Crippen LogP contribution in [0.1, 0.15) is 17.5 Å². The van der Waals surface area contributed by atoms with Crippen LogP contribution < -0.4 is 10.6 Å². The molecule has 0 saturated heterocycles. The van der Waals surface area contributed by atoms with Crippen molar-refractivity contribution >= 4 is 29.3 Å². The third-order valence-electron chi connectivity index (χ3n) is 3.71. The number of amides is 2. The molecule has 5 nitrogen and oxygen atoms in total. The van der Waals surface area contributed by atoms with Gasteiger partial charge in [0.05, 0.1) is 16.5 Å². The van der Waals surface area contributed by atoms with Gasteiger partial charge < -0.3 is 10.6 Å². The summed E-state index contributed by atoms with van der Waals surface area (Å²) < 4.78 is 38.3. The van der Waals surface area contributed by atoms with E-state index in [2.05, 4.69) is 15.6 Å². The average molecular weight is 381 g/mol. The smallest absolute Gasteiger partial charge is 0.352 e. The van der Waals surface area contributed by atoms with E-state index in [1.165, 1.54) is 6.07 Å². The van der Waals surface area contributed by atoms with Gasteiger partial charge in [0.15, 0.2) is 0 Å². The van der Waals surface area contributed by atoms with Gasteiger partial charge in [-0.1, -0.05) is 6.07 Å². The largest absolute Gasteiger partial charge is 0.416 e. The number of benzene rings is 1. The van der Waals surface area contributed by atoms with Crippen LogP contribution >= 0.6 is 11.8 Å². The molecular formula is C17H14F3N3O2S. The molecule has 1 aromatic carbocycles. The second-order valence-electron chi connectivity index (χ2n) is 5.65. The van der Waals surface area contributed by atoms with Crippen molar-refractivity contribution in [1.29, 1.82) is 0 Å². The highest BCUT2D eigenvalue weighted by Gasteiger charge is 2.34. The van der Waals surface area contributed by atoms with Crippen LogP contribution in [0.3, 0.4) is 0 Å². The van der Waals surface area contributed by atoms with Gasteiger partial charge in [-0.25, -0.2) is 0 Å². The number of nitrogens with zero attached hydrogens (tertiary/aromatic N) is 1. The number of rotatable bonds is 4. The van der Waals surface area contributed by atoms with Crippen molar-refractivity contribution in [3.8, 4) is 0 Å². The maximum absolute atomic E-state index is 12.8. The highest BCUT2D eigenvalue weighted by molar-refractivity contribution is 8.01. The normalized spacial score (nSPS) is 16.6. The standard InChI is InChI=1S/C17H14F3N3O2S/c18-17(19,20)11-3-4-13-12(6-11)23-16(25)14(26-13)7-15(24)22-9-10-2-1-5-21-8-10/h1-6,8,14H,7,9H2,(H,22,24)(H,23,25). The highest BCUT2D eigenvalue weighted by Crippen LogP contribution is 2.40. The molecule has 1 aliphatic heterocycles. The molecular weight excluding hydrogens is 367 g/mol. The molecule has 1 aliphatic rings. The van der Waals surface area contributed by atoms with Crippen LogP contribution in [-0.2, 0) is 22.3 Å². The highest BCUT2D eigenvalue weighted by atomic mass is 32.2. The second kappa shape index (κ2) is 7.36. The molecule has 0 spiro atoms. The Morgan fingerprint density at radius 1 is 1.31 bits per heavy atom. The second-order valence-corrected chi connectivity index (χ2v) is 6.89. The summed E-state index contributed by atoms with van der Waals surface area (Å²) in [6, 6.07) is 6.73. The number of carbonyl (C=O) groups excluding carboxylic acids is 2. The van der Waals surface area contributed by atoms with Crippen molar-refractivity contribution in [2.75, 3.05) is 5.32 Å². The molecule has 0 aliphatic carbocycles. The van der Waals surface area contributed by atoms with Crippen LogP contribution in [0.4, 0.5) is 18.9 Å². The fourth-order valence-electron chi connectivity index (χ4n) is 2.41. The van der Waals surface area contributed by atoms with Crippen LogP contribution in [0.15, 0.2) is 47.6 Å². The zero-order chi connectivity index (χ0) is 18.7. The fourth-order valence-corrected chi connectivity index (χ4v) is 3.50. The van der Waals surface area contributed by atoms with Crippen molar-refractivity contribution in [2.24, 2.45) is 0 Å². The Hall–Kier alpha value is -2.55. The zero-order valence-electron chi connectivity index (χ0n) is 13.3. The van der Waals surface area contributed by atoms with Gasteiger partial charge in [-0.2, -0.15) is 13.2 Å². The Balaban J connectivity index is 1.62. The first-order valence-corrected chi connectivity index (χ1v) is 8.55. The zero-order valence-corrected chi connectivity index (χ0v) is 14.2. The van der Waals surface area contributed by atoms with E-state index in [-0.39, 0.29) is 24.6 Å². The molecule has 0 fully saturated rings. The number of anilines is 1. The molecule has 1 unspecified atom stereocenters. The molecule has 136 valence electrons. The first kappa shape index (κ1) is 18.2. The summed E-state index contributed by atoms with van der Waals surface area (Å²) in [5.74, 6) is -0.810. The number of fused-ring (bicyclic) bond motifs is 1. The minimum Gasteiger partial charge on any atom is -0.352 e. The summed E-state index contributed by atoms with van der Waals surface area (Å²) in [5.41, 5.74) is 0.110. The third kappa shape index (κ3) is 4.34. The summed E-state index contributed by atoms with van der Waals surface area (Å²) in [6.07, 6.45) is -1.31. The monoisotopic (exact) mass is 381 g/mol. The predicted octanol–water partition coefficient (Wildman–Crippen LogP) is 3.22. The van der Waals surface area contributed by atoms with E-state index in [0.29, 0.717) is 4.90 Å². The van der Waals surface area contributed by atoms with Gasteiger partial charge in [0, 0.05) is 30.3 Å². The number of alkyl halides is 3. The van der Waals surface area contributed by atoms with Crippen molar-refractivity contribution in [3.05, 3.63) is 53.9 Å². The quantitative estimate of drug-likeness (QED) is 0.853. The van der Waals surface area contributed by atoms with E-state index in [9.17, 15) is 22.8 Å². The lowest BCUT2D eigenvalue weighted by molar-refractivity contribution is -0.137. The maximum atomic E-state index is 12.8. The van der Waals surface area contributed by atoms with Gasteiger partial charge in [0.2, 0.25) is 11.8 Å². The van der Waals surface area contributed by atoms with Crippen LogP contribution in [-0.4, -0.2) is 22.0 Å². The third-order valence-corrected chi connectivity index (χ3v) is 4.98. The molecule has 3 rings (SSSR count). The Morgan fingerprint density at radius 3 is 2.81 bits per heavy atom. The minimum absolute atomic E-state index is 0.0722. The van der Waals surface area contributed by atoms with E-state index < -0.39 is 22.9 Å². The molecule has 2 amide bonds. The Labute approximate surface area is 151 Å².